The maximum Gasteiger partial charge on any atom is 0.0642 e. The Morgan fingerprint density at radius 1 is 1.10 bits per heavy atom. The van der Waals surface area contributed by atoms with Crippen LogP contribution in [0.25, 0.3) is 0 Å². The maximum atomic E-state index is 6.37. The summed E-state index contributed by atoms with van der Waals surface area (Å²) in [6, 6.07) is 0.526. The molecule has 4 saturated carbocycles. The van der Waals surface area contributed by atoms with Crippen LogP contribution in [-0.2, 0) is 4.74 Å². The molecule has 0 aliphatic heterocycles. The first-order valence-electron chi connectivity index (χ1n) is 8.99. The summed E-state index contributed by atoms with van der Waals surface area (Å²) in [4.78, 5) is 0. The summed E-state index contributed by atoms with van der Waals surface area (Å²) < 4.78 is 6.15. The van der Waals surface area contributed by atoms with Gasteiger partial charge in [-0.05, 0) is 87.9 Å². The van der Waals surface area contributed by atoms with Crippen LogP contribution < -0.4 is 11.5 Å². The van der Waals surface area contributed by atoms with E-state index in [9.17, 15) is 0 Å². The van der Waals surface area contributed by atoms with Crippen molar-refractivity contribution in [2.75, 3.05) is 6.61 Å². The minimum absolute atomic E-state index is 0.131. The third-order valence-corrected chi connectivity index (χ3v) is 6.92. The highest BCUT2D eigenvalue weighted by Gasteiger charge is 2.64. The van der Waals surface area contributed by atoms with Crippen LogP contribution in [0.1, 0.15) is 65.2 Å². The molecule has 21 heavy (non-hydrogen) atoms. The van der Waals surface area contributed by atoms with Gasteiger partial charge in [0.1, 0.15) is 0 Å². The minimum atomic E-state index is -0.131. The van der Waals surface area contributed by atoms with Gasteiger partial charge in [0.15, 0.2) is 0 Å². The molecule has 0 aromatic carbocycles. The van der Waals surface area contributed by atoms with Crippen LogP contribution in [-0.4, -0.2) is 24.3 Å². The van der Waals surface area contributed by atoms with Crippen molar-refractivity contribution in [3.63, 3.8) is 0 Å². The number of hydrogen-bond acceptors (Lipinski definition) is 3. The SMILES string of the molecule is CC(C)(CC(N)CC1CC12CC2)OCC(N)C1CC12CC2. The Kier molecular flexibility index (Phi) is 3.07. The Morgan fingerprint density at radius 2 is 1.76 bits per heavy atom. The number of ether oxygens (including phenoxy) is 1. The van der Waals surface area contributed by atoms with Gasteiger partial charge in [0.25, 0.3) is 0 Å². The van der Waals surface area contributed by atoms with Crippen LogP contribution in [0.2, 0.25) is 0 Å². The van der Waals surface area contributed by atoms with Crippen LogP contribution in [0.3, 0.4) is 0 Å². The monoisotopic (exact) mass is 292 g/mol. The predicted molar refractivity (Wildman–Crippen MR) is 84.8 cm³/mol. The zero-order chi connectivity index (χ0) is 14.9. The Labute approximate surface area is 129 Å². The van der Waals surface area contributed by atoms with E-state index in [4.69, 9.17) is 16.2 Å². The Balaban J connectivity index is 1.18. The second-order valence-corrected chi connectivity index (χ2v) is 9.37. The second-order valence-electron chi connectivity index (χ2n) is 9.37. The second kappa shape index (κ2) is 4.46. The lowest BCUT2D eigenvalue weighted by Crippen LogP contribution is -2.39. The van der Waals surface area contributed by atoms with E-state index in [-0.39, 0.29) is 17.7 Å². The van der Waals surface area contributed by atoms with Gasteiger partial charge in [-0.25, -0.2) is 0 Å². The van der Waals surface area contributed by atoms with Gasteiger partial charge in [0.2, 0.25) is 0 Å². The summed E-state index contributed by atoms with van der Waals surface area (Å²) in [5, 5.41) is 0. The van der Waals surface area contributed by atoms with Gasteiger partial charge in [-0.3, -0.25) is 0 Å². The molecule has 0 saturated heterocycles. The third kappa shape index (κ3) is 2.89. The maximum absolute atomic E-state index is 6.37. The normalized spacial score (nSPS) is 36.6. The summed E-state index contributed by atoms with van der Waals surface area (Å²) in [5.41, 5.74) is 14.0. The van der Waals surface area contributed by atoms with E-state index in [2.05, 4.69) is 13.8 Å². The molecule has 0 heterocycles. The van der Waals surface area contributed by atoms with E-state index in [0.29, 0.717) is 12.0 Å². The molecule has 0 bridgehead atoms. The van der Waals surface area contributed by atoms with Gasteiger partial charge in [0.05, 0.1) is 12.2 Å². The molecule has 4 aliphatic rings. The van der Waals surface area contributed by atoms with Gasteiger partial charge >= 0.3 is 0 Å². The lowest BCUT2D eigenvalue weighted by Gasteiger charge is -2.30. The van der Waals surface area contributed by atoms with E-state index in [1.807, 2.05) is 0 Å². The van der Waals surface area contributed by atoms with Gasteiger partial charge in [-0.2, -0.15) is 0 Å². The summed E-state index contributed by atoms with van der Waals surface area (Å²) >= 11 is 0. The first kappa shape index (κ1) is 14.5. The average Bonchev–Trinajstić information content (AvgIpc) is 3.23. The molecule has 4 rings (SSSR count). The molecule has 0 amide bonds. The number of rotatable bonds is 8. The fourth-order valence-electron chi connectivity index (χ4n) is 4.84. The molecular weight excluding hydrogens is 260 g/mol. The summed E-state index contributed by atoms with van der Waals surface area (Å²) in [7, 11) is 0. The standard InChI is InChI=1S/C18H32N2O/c1-16(2,9-13(19)7-12-8-17(12)3-4-17)21-11-15(20)14-10-18(14)5-6-18/h12-15H,3-11,19-20H2,1-2H3. The molecule has 4 N–H and O–H groups in total. The first-order chi connectivity index (χ1) is 9.84. The van der Waals surface area contributed by atoms with Crippen LogP contribution in [0.5, 0.6) is 0 Å². The minimum Gasteiger partial charge on any atom is -0.374 e. The van der Waals surface area contributed by atoms with Crippen molar-refractivity contribution in [2.45, 2.75) is 82.9 Å². The fourth-order valence-corrected chi connectivity index (χ4v) is 4.84. The summed E-state index contributed by atoms with van der Waals surface area (Å²) in [6.45, 7) is 5.07. The molecule has 4 fully saturated rings. The van der Waals surface area contributed by atoms with Crippen molar-refractivity contribution in [1.29, 1.82) is 0 Å². The van der Waals surface area contributed by atoms with Gasteiger partial charge in [-0.15, -0.1) is 0 Å². The number of hydrogen-bond donors (Lipinski definition) is 2. The molecule has 3 nitrogen and oxygen atoms in total. The van der Waals surface area contributed by atoms with E-state index in [1.54, 1.807) is 0 Å². The Morgan fingerprint density at radius 3 is 2.29 bits per heavy atom. The van der Waals surface area contributed by atoms with Crippen molar-refractivity contribution in [2.24, 2.45) is 34.1 Å². The summed E-state index contributed by atoms with van der Waals surface area (Å²) in [6.07, 6.45) is 10.7. The zero-order valence-electron chi connectivity index (χ0n) is 13.7. The molecule has 4 atom stereocenters. The Bertz CT molecular complexity index is 425. The summed E-state index contributed by atoms with van der Waals surface area (Å²) in [5.74, 6) is 1.66. The molecule has 0 aromatic heterocycles. The Hall–Kier alpha value is -0.120. The lowest BCUT2D eigenvalue weighted by atomic mass is 9.95. The van der Waals surface area contributed by atoms with E-state index in [0.717, 1.165) is 23.7 Å². The first-order valence-corrected chi connectivity index (χ1v) is 8.99. The van der Waals surface area contributed by atoms with E-state index < -0.39 is 0 Å². The lowest BCUT2D eigenvalue weighted by molar-refractivity contribution is -0.0369. The highest BCUT2D eigenvalue weighted by molar-refractivity contribution is 5.15. The van der Waals surface area contributed by atoms with Crippen LogP contribution in [0.15, 0.2) is 0 Å². The molecule has 0 aromatic rings. The highest BCUT2D eigenvalue weighted by atomic mass is 16.5. The van der Waals surface area contributed by atoms with Crippen molar-refractivity contribution in [3.05, 3.63) is 0 Å². The van der Waals surface area contributed by atoms with Gasteiger partial charge in [-0.1, -0.05) is 0 Å². The quantitative estimate of drug-likeness (QED) is 0.723. The average molecular weight is 292 g/mol. The number of nitrogens with two attached hydrogens (primary N) is 2. The van der Waals surface area contributed by atoms with Gasteiger partial charge < -0.3 is 16.2 Å². The third-order valence-electron chi connectivity index (χ3n) is 6.92. The molecule has 4 unspecified atom stereocenters. The molecular formula is C18H32N2O. The molecule has 0 radical (unpaired) electrons. The molecule has 120 valence electrons. The molecule has 2 spiro atoms. The fraction of sp³-hybridized carbons (Fsp3) is 1.00. The molecule has 4 aliphatic carbocycles. The smallest absolute Gasteiger partial charge is 0.0642 e. The van der Waals surface area contributed by atoms with Crippen molar-refractivity contribution in [1.82, 2.24) is 0 Å². The van der Waals surface area contributed by atoms with Gasteiger partial charge in [0, 0.05) is 12.1 Å². The highest BCUT2D eigenvalue weighted by Crippen LogP contribution is 2.72. The van der Waals surface area contributed by atoms with Crippen molar-refractivity contribution < 1.29 is 4.74 Å². The van der Waals surface area contributed by atoms with Crippen molar-refractivity contribution in [3.8, 4) is 0 Å². The molecule has 3 heteroatoms. The van der Waals surface area contributed by atoms with Crippen LogP contribution >= 0.6 is 0 Å². The van der Waals surface area contributed by atoms with E-state index >= 15 is 0 Å². The van der Waals surface area contributed by atoms with Crippen molar-refractivity contribution >= 4 is 0 Å². The van der Waals surface area contributed by atoms with Crippen LogP contribution in [0.4, 0.5) is 0 Å². The largest absolute Gasteiger partial charge is 0.374 e. The predicted octanol–water partition coefficient (Wildman–Crippen LogP) is 2.82. The topological polar surface area (TPSA) is 61.3 Å². The van der Waals surface area contributed by atoms with Crippen LogP contribution in [0, 0.1) is 22.7 Å². The zero-order valence-corrected chi connectivity index (χ0v) is 13.7. The van der Waals surface area contributed by atoms with E-state index in [1.165, 1.54) is 44.9 Å².